The van der Waals surface area contributed by atoms with Gasteiger partial charge in [0, 0.05) is 31.9 Å². The fraction of sp³-hybridized carbons (Fsp3) is 0.476. The third-order valence-corrected chi connectivity index (χ3v) is 6.22. The molecule has 4 rings (SSSR count). The molecule has 1 fully saturated rings. The van der Waals surface area contributed by atoms with Crippen molar-refractivity contribution >= 4 is 32.6 Å². The molecule has 8 heteroatoms. The standard InChI is InChI=1S/C21H27N5O2S/c1-16-14-17(2)26(23-16)15-20(27)25(9-5-8-24-10-12-28-13-11-24)21-22-18-6-3-4-7-19(18)29-21/h3-4,6-7,14H,5,8-13,15H2,1-2H3. The summed E-state index contributed by atoms with van der Waals surface area (Å²) in [4.78, 5) is 22.2. The highest BCUT2D eigenvalue weighted by atomic mass is 32.1. The van der Waals surface area contributed by atoms with Crippen molar-refractivity contribution in [2.24, 2.45) is 0 Å². The molecule has 3 aromatic rings. The second kappa shape index (κ2) is 9.02. The number of hydrogen-bond acceptors (Lipinski definition) is 6. The molecule has 1 amide bonds. The molecule has 154 valence electrons. The molecule has 0 atom stereocenters. The van der Waals surface area contributed by atoms with Crippen molar-refractivity contribution < 1.29 is 9.53 Å². The van der Waals surface area contributed by atoms with Gasteiger partial charge in [-0.15, -0.1) is 0 Å². The van der Waals surface area contributed by atoms with Crippen molar-refractivity contribution in [2.75, 3.05) is 44.3 Å². The van der Waals surface area contributed by atoms with Crippen LogP contribution in [0.4, 0.5) is 5.13 Å². The summed E-state index contributed by atoms with van der Waals surface area (Å²) < 4.78 is 8.30. The zero-order valence-corrected chi connectivity index (χ0v) is 17.8. The Morgan fingerprint density at radius 3 is 2.76 bits per heavy atom. The van der Waals surface area contributed by atoms with Gasteiger partial charge in [-0.1, -0.05) is 23.5 Å². The lowest BCUT2D eigenvalue weighted by molar-refractivity contribution is -0.119. The zero-order chi connectivity index (χ0) is 20.2. The molecule has 0 spiro atoms. The quantitative estimate of drug-likeness (QED) is 0.596. The highest BCUT2D eigenvalue weighted by Gasteiger charge is 2.21. The Morgan fingerprint density at radius 2 is 2.03 bits per heavy atom. The predicted molar refractivity (Wildman–Crippen MR) is 116 cm³/mol. The van der Waals surface area contributed by atoms with E-state index in [1.165, 1.54) is 0 Å². The number of rotatable bonds is 7. The Bertz CT molecular complexity index is 944. The molecule has 0 unspecified atom stereocenters. The van der Waals surface area contributed by atoms with Crippen LogP contribution in [0.5, 0.6) is 0 Å². The van der Waals surface area contributed by atoms with Gasteiger partial charge in [-0.25, -0.2) is 4.98 Å². The lowest BCUT2D eigenvalue weighted by atomic mass is 10.3. The molecule has 1 aromatic carbocycles. The molecule has 0 radical (unpaired) electrons. The smallest absolute Gasteiger partial charge is 0.250 e. The van der Waals surface area contributed by atoms with Gasteiger partial charge in [0.1, 0.15) is 6.54 Å². The SMILES string of the molecule is Cc1cc(C)n(CC(=O)N(CCCN2CCOCC2)c2nc3ccccc3s2)n1. The van der Waals surface area contributed by atoms with E-state index >= 15 is 0 Å². The van der Waals surface area contributed by atoms with Crippen LogP contribution >= 0.6 is 11.3 Å². The van der Waals surface area contributed by atoms with Gasteiger partial charge in [0.2, 0.25) is 0 Å². The van der Waals surface area contributed by atoms with E-state index in [1.54, 1.807) is 16.0 Å². The van der Waals surface area contributed by atoms with Gasteiger partial charge in [0.05, 0.1) is 29.1 Å². The zero-order valence-electron chi connectivity index (χ0n) is 17.0. The second-order valence-corrected chi connectivity index (χ2v) is 8.41. The van der Waals surface area contributed by atoms with Crippen LogP contribution in [0.15, 0.2) is 30.3 Å². The predicted octanol–water partition coefficient (Wildman–Crippen LogP) is 2.87. The normalized spacial score (nSPS) is 15.1. The van der Waals surface area contributed by atoms with E-state index in [0.717, 1.165) is 66.0 Å². The molecular weight excluding hydrogens is 386 g/mol. The molecule has 1 aliphatic heterocycles. The van der Waals surface area contributed by atoms with Gasteiger partial charge in [-0.05, 0) is 38.5 Å². The first-order chi connectivity index (χ1) is 14.1. The number of amides is 1. The van der Waals surface area contributed by atoms with Gasteiger partial charge in [-0.3, -0.25) is 19.3 Å². The van der Waals surface area contributed by atoms with Crippen LogP contribution in [0, 0.1) is 13.8 Å². The average Bonchev–Trinajstić information content (AvgIpc) is 3.28. The first-order valence-corrected chi connectivity index (χ1v) is 10.9. The number of nitrogens with zero attached hydrogens (tertiary/aromatic N) is 5. The fourth-order valence-electron chi connectivity index (χ4n) is 3.63. The van der Waals surface area contributed by atoms with Crippen molar-refractivity contribution in [3.05, 3.63) is 41.7 Å². The summed E-state index contributed by atoms with van der Waals surface area (Å²) in [5.41, 5.74) is 2.85. The average molecular weight is 414 g/mol. The molecule has 0 aliphatic carbocycles. The van der Waals surface area contributed by atoms with E-state index in [2.05, 4.69) is 10.00 Å². The van der Waals surface area contributed by atoms with E-state index in [0.29, 0.717) is 6.54 Å². The molecule has 1 saturated heterocycles. The number of morpholine rings is 1. The summed E-state index contributed by atoms with van der Waals surface area (Å²) in [5, 5.41) is 5.22. The second-order valence-electron chi connectivity index (χ2n) is 7.40. The summed E-state index contributed by atoms with van der Waals surface area (Å²) in [6.45, 7) is 9.26. The Hall–Kier alpha value is -2.29. The molecule has 29 heavy (non-hydrogen) atoms. The topological polar surface area (TPSA) is 63.5 Å². The molecule has 3 heterocycles. The third-order valence-electron chi connectivity index (χ3n) is 5.16. The number of aryl methyl sites for hydroxylation is 2. The number of carbonyl (C=O) groups is 1. The number of hydrogen-bond donors (Lipinski definition) is 0. The number of ether oxygens (including phenoxy) is 1. The third kappa shape index (κ3) is 4.83. The van der Waals surface area contributed by atoms with Crippen molar-refractivity contribution in [1.82, 2.24) is 19.7 Å². The minimum Gasteiger partial charge on any atom is -0.379 e. The van der Waals surface area contributed by atoms with E-state index in [1.807, 2.05) is 49.1 Å². The highest BCUT2D eigenvalue weighted by molar-refractivity contribution is 7.22. The lowest BCUT2D eigenvalue weighted by Crippen LogP contribution is -2.40. The van der Waals surface area contributed by atoms with Crippen LogP contribution in [-0.2, 0) is 16.1 Å². The number of aromatic nitrogens is 3. The molecule has 1 aliphatic rings. The van der Waals surface area contributed by atoms with Gasteiger partial charge in [-0.2, -0.15) is 5.10 Å². The van der Waals surface area contributed by atoms with E-state index in [4.69, 9.17) is 9.72 Å². The van der Waals surface area contributed by atoms with Crippen LogP contribution in [0.2, 0.25) is 0 Å². The van der Waals surface area contributed by atoms with Crippen LogP contribution in [0.3, 0.4) is 0 Å². The molecule has 2 aromatic heterocycles. The summed E-state index contributed by atoms with van der Waals surface area (Å²) in [6.07, 6.45) is 0.902. The van der Waals surface area contributed by atoms with E-state index in [-0.39, 0.29) is 12.5 Å². The molecule has 0 saturated carbocycles. The van der Waals surface area contributed by atoms with Gasteiger partial charge in [0.25, 0.3) is 5.91 Å². The van der Waals surface area contributed by atoms with Gasteiger partial charge < -0.3 is 4.74 Å². The van der Waals surface area contributed by atoms with Crippen molar-refractivity contribution in [3.8, 4) is 0 Å². The van der Waals surface area contributed by atoms with Crippen molar-refractivity contribution in [1.29, 1.82) is 0 Å². The van der Waals surface area contributed by atoms with Crippen LogP contribution in [0.1, 0.15) is 17.8 Å². The first-order valence-electron chi connectivity index (χ1n) is 10.1. The van der Waals surface area contributed by atoms with E-state index < -0.39 is 0 Å². The number of anilines is 1. The number of para-hydroxylation sites is 1. The molecular formula is C21H27N5O2S. The number of fused-ring (bicyclic) bond motifs is 1. The molecule has 7 nitrogen and oxygen atoms in total. The minimum atomic E-state index is 0.0252. The van der Waals surface area contributed by atoms with Crippen LogP contribution in [0.25, 0.3) is 10.2 Å². The summed E-state index contributed by atoms with van der Waals surface area (Å²) in [5.74, 6) is 0.0252. The summed E-state index contributed by atoms with van der Waals surface area (Å²) in [7, 11) is 0. The highest BCUT2D eigenvalue weighted by Crippen LogP contribution is 2.29. The summed E-state index contributed by atoms with van der Waals surface area (Å²) >= 11 is 1.57. The lowest BCUT2D eigenvalue weighted by Gasteiger charge is -2.27. The summed E-state index contributed by atoms with van der Waals surface area (Å²) in [6, 6.07) is 10.0. The molecule has 0 bridgehead atoms. The fourth-order valence-corrected chi connectivity index (χ4v) is 4.64. The largest absolute Gasteiger partial charge is 0.379 e. The Kier molecular flexibility index (Phi) is 6.22. The number of carbonyl (C=O) groups excluding carboxylic acids is 1. The van der Waals surface area contributed by atoms with Gasteiger partial charge in [0.15, 0.2) is 5.13 Å². The Morgan fingerprint density at radius 1 is 1.24 bits per heavy atom. The van der Waals surface area contributed by atoms with E-state index in [9.17, 15) is 4.79 Å². The minimum absolute atomic E-state index is 0.0252. The van der Waals surface area contributed by atoms with Crippen LogP contribution in [-0.4, -0.2) is 65.0 Å². The molecule has 0 N–H and O–H groups in total. The number of thiazole rings is 1. The maximum absolute atomic E-state index is 13.2. The van der Waals surface area contributed by atoms with Crippen molar-refractivity contribution in [3.63, 3.8) is 0 Å². The van der Waals surface area contributed by atoms with Gasteiger partial charge >= 0.3 is 0 Å². The maximum atomic E-state index is 13.2. The monoisotopic (exact) mass is 413 g/mol. The maximum Gasteiger partial charge on any atom is 0.250 e. The number of benzene rings is 1. The first kappa shape index (κ1) is 20.0. The van der Waals surface area contributed by atoms with Crippen LogP contribution < -0.4 is 4.90 Å². The Balaban J connectivity index is 1.50. The van der Waals surface area contributed by atoms with Crippen molar-refractivity contribution in [2.45, 2.75) is 26.8 Å². The Labute approximate surface area is 174 Å².